The molecule has 5 rings (SSSR count). The Labute approximate surface area is 203 Å². The third-order valence-electron chi connectivity index (χ3n) is 7.16. The minimum Gasteiger partial charge on any atom is -0.463 e. The van der Waals surface area contributed by atoms with Crippen molar-refractivity contribution in [1.82, 2.24) is 4.90 Å². The molecule has 1 aliphatic rings. The van der Waals surface area contributed by atoms with Crippen LogP contribution in [0.3, 0.4) is 0 Å². The lowest BCUT2D eigenvalue weighted by atomic mass is 9.96. The largest absolute Gasteiger partial charge is 0.463 e. The number of sulfone groups is 1. The molecule has 1 saturated heterocycles. The Balaban J connectivity index is 1.49. The summed E-state index contributed by atoms with van der Waals surface area (Å²) >= 11 is 0. The minimum absolute atomic E-state index is 0.00386. The number of benzene rings is 2. The SMILES string of the molecule is Cc1c(CCC(=O)N(C)[C@H]2CCS(=O)(=O)C2)c(=O)oc2c(C)c3occ(-c4ccccc4)c3cc12. The van der Waals surface area contributed by atoms with Crippen LogP contribution in [0, 0.1) is 13.8 Å². The van der Waals surface area contributed by atoms with Crippen molar-refractivity contribution < 1.29 is 22.0 Å². The van der Waals surface area contributed by atoms with Gasteiger partial charge in [0.25, 0.3) is 0 Å². The molecule has 35 heavy (non-hydrogen) atoms. The highest BCUT2D eigenvalue weighted by atomic mass is 32.2. The third-order valence-corrected chi connectivity index (χ3v) is 8.92. The van der Waals surface area contributed by atoms with E-state index >= 15 is 0 Å². The van der Waals surface area contributed by atoms with Crippen LogP contribution in [0.5, 0.6) is 0 Å². The number of carbonyl (C=O) groups is 1. The summed E-state index contributed by atoms with van der Waals surface area (Å²) in [5.41, 5.74) is 4.68. The van der Waals surface area contributed by atoms with Crippen molar-refractivity contribution in [3.63, 3.8) is 0 Å². The molecule has 0 aliphatic carbocycles. The number of hydrogen-bond donors (Lipinski definition) is 0. The molecule has 1 aliphatic heterocycles. The number of nitrogens with zero attached hydrogens (tertiary/aromatic N) is 1. The van der Waals surface area contributed by atoms with Gasteiger partial charge in [-0.25, -0.2) is 13.2 Å². The van der Waals surface area contributed by atoms with Crippen molar-refractivity contribution in [3.8, 4) is 11.1 Å². The van der Waals surface area contributed by atoms with E-state index in [0.29, 0.717) is 23.2 Å². The molecule has 2 aromatic carbocycles. The second-order valence-corrected chi connectivity index (χ2v) is 11.6. The van der Waals surface area contributed by atoms with Crippen LogP contribution in [-0.2, 0) is 21.1 Å². The zero-order valence-electron chi connectivity index (χ0n) is 20.0. The smallest absolute Gasteiger partial charge is 0.339 e. The molecule has 7 nitrogen and oxygen atoms in total. The zero-order chi connectivity index (χ0) is 24.9. The molecule has 0 saturated carbocycles. The standard InChI is InChI=1S/C27H27NO6S/c1-16-20(9-10-24(29)28(3)19-11-12-35(31,32)15-19)27(30)34-26-17(2)25-22(13-21(16)26)23(14-33-25)18-7-5-4-6-8-18/h4-8,13-14,19H,9-12,15H2,1-3H3/t19-/m0/s1. The Kier molecular flexibility index (Phi) is 5.79. The highest BCUT2D eigenvalue weighted by molar-refractivity contribution is 7.91. The van der Waals surface area contributed by atoms with Gasteiger partial charge in [-0.2, -0.15) is 0 Å². The highest BCUT2D eigenvalue weighted by Gasteiger charge is 2.32. The van der Waals surface area contributed by atoms with Crippen LogP contribution in [0.25, 0.3) is 33.1 Å². The van der Waals surface area contributed by atoms with Crippen molar-refractivity contribution in [3.05, 3.63) is 69.8 Å². The molecule has 0 N–H and O–H groups in total. The fourth-order valence-electron chi connectivity index (χ4n) is 5.02. The van der Waals surface area contributed by atoms with Crippen LogP contribution in [-0.4, -0.2) is 43.8 Å². The lowest BCUT2D eigenvalue weighted by Gasteiger charge is -2.23. The van der Waals surface area contributed by atoms with E-state index in [4.69, 9.17) is 8.83 Å². The summed E-state index contributed by atoms with van der Waals surface area (Å²) < 4.78 is 35.2. The second-order valence-electron chi connectivity index (χ2n) is 9.32. The summed E-state index contributed by atoms with van der Waals surface area (Å²) in [6.45, 7) is 3.75. The predicted molar refractivity (Wildman–Crippen MR) is 135 cm³/mol. The quantitative estimate of drug-likeness (QED) is 0.382. The fraction of sp³-hybridized carbons (Fsp3) is 0.333. The molecule has 1 amide bonds. The summed E-state index contributed by atoms with van der Waals surface area (Å²) in [6, 6.07) is 11.6. The van der Waals surface area contributed by atoms with Gasteiger partial charge in [-0.05, 0) is 43.9 Å². The van der Waals surface area contributed by atoms with Crippen LogP contribution < -0.4 is 5.63 Å². The fourth-order valence-corrected chi connectivity index (χ4v) is 6.79. The van der Waals surface area contributed by atoms with E-state index in [9.17, 15) is 18.0 Å². The van der Waals surface area contributed by atoms with Crippen LogP contribution in [0.2, 0.25) is 0 Å². The van der Waals surface area contributed by atoms with Gasteiger partial charge in [0.2, 0.25) is 5.91 Å². The first kappa shape index (κ1) is 23.4. The minimum atomic E-state index is -3.09. The molecule has 1 atom stereocenters. The highest BCUT2D eigenvalue weighted by Crippen LogP contribution is 2.37. The maximum absolute atomic E-state index is 12.9. The maximum atomic E-state index is 12.9. The number of aryl methyl sites for hydroxylation is 2. The summed E-state index contributed by atoms with van der Waals surface area (Å²) in [7, 11) is -1.45. The van der Waals surface area contributed by atoms with Gasteiger partial charge < -0.3 is 13.7 Å². The van der Waals surface area contributed by atoms with Gasteiger partial charge in [0.15, 0.2) is 9.84 Å². The lowest BCUT2D eigenvalue weighted by Crippen LogP contribution is -2.38. The average molecular weight is 494 g/mol. The topological polar surface area (TPSA) is 97.8 Å². The van der Waals surface area contributed by atoms with Gasteiger partial charge in [-0.15, -0.1) is 0 Å². The van der Waals surface area contributed by atoms with Gasteiger partial charge in [-0.3, -0.25) is 4.79 Å². The summed E-state index contributed by atoms with van der Waals surface area (Å²) in [4.78, 5) is 27.2. The monoisotopic (exact) mass is 493 g/mol. The van der Waals surface area contributed by atoms with Crippen molar-refractivity contribution >= 4 is 37.7 Å². The summed E-state index contributed by atoms with van der Waals surface area (Å²) in [5.74, 6) is -0.0789. The zero-order valence-corrected chi connectivity index (χ0v) is 20.8. The van der Waals surface area contributed by atoms with Crippen molar-refractivity contribution in [1.29, 1.82) is 0 Å². The van der Waals surface area contributed by atoms with Gasteiger partial charge in [0.1, 0.15) is 11.2 Å². The first-order chi connectivity index (χ1) is 16.7. The molecule has 0 spiro atoms. The molecule has 8 heteroatoms. The number of hydrogen-bond acceptors (Lipinski definition) is 6. The van der Waals surface area contributed by atoms with Gasteiger partial charge >= 0.3 is 5.63 Å². The van der Waals surface area contributed by atoms with Gasteiger partial charge in [0.05, 0.1) is 17.8 Å². The Hall–Kier alpha value is -3.39. The van der Waals surface area contributed by atoms with E-state index in [-0.39, 0.29) is 36.3 Å². The Morgan fingerprint density at radius 1 is 1.09 bits per heavy atom. The molecule has 0 unspecified atom stereocenters. The van der Waals surface area contributed by atoms with Crippen LogP contribution in [0.15, 0.2) is 56.3 Å². The van der Waals surface area contributed by atoms with Crippen molar-refractivity contribution in [2.24, 2.45) is 0 Å². The second kappa shape index (κ2) is 8.68. The first-order valence-electron chi connectivity index (χ1n) is 11.6. The Morgan fingerprint density at radius 3 is 2.51 bits per heavy atom. The molecule has 182 valence electrons. The summed E-state index contributed by atoms with van der Waals surface area (Å²) in [6.07, 6.45) is 2.50. The Bertz CT molecular complexity index is 1610. The lowest BCUT2D eigenvalue weighted by molar-refractivity contribution is -0.131. The van der Waals surface area contributed by atoms with Crippen LogP contribution in [0.4, 0.5) is 0 Å². The van der Waals surface area contributed by atoms with Crippen LogP contribution >= 0.6 is 0 Å². The van der Waals surface area contributed by atoms with E-state index in [1.165, 1.54) is 4.90 Å². The number of furan rings is 1. The van der Waals surface area contributed by atoms with E-state index in [1.807, 2.05) is 50.2 Å². The molecular formula is C27H27NO6S. The van der Waals surface area contributed by atoms with Crippen molar-refractivity contribution in [2.75, 3.05) is 18.6 Å². The van der Waals surface area contributed by atoms with Crippen molar-refractivity contribution in [2.45, 2.75) is 39.2 Å². The maximum Gasteiger partial charge on any atom is 0.339 e. The predicted octanol–water partition coefficient (Wildman–Crippen LogP) is 4.40. The number of fused-ring (bicyclic) bond motifs is 2. The summed E-state index contributed by atoms with van der Waals surface area (Å²) in [5, 5.41) is 1.74. The number of amides is 1. The molecule has 2 aromatic heterocycles. The molecule has 0 bridgehead atoms. The molecular weight excluding hydrogens is 466 g/mol. The van der Waals surface area contributed by atoms with Crippen LogP contribution in [0.1, 0.15) is 29.5 Å². The van der Waals surface area contributed by atoms with E-state index in [2.05, 4.69) is 0 Å². The van der Waals surface area contributed by atoms with Gasteiger partial charge in [0, 0.05) is 47.0 Å². The third kappa shape index (κ3) is 4.16. The van der Waals surface area contributed by atoms with E-state index in [1.54, 1.807) is 13.3 Å². The van der Waals surface area contributed by atoms with E-state index in [0.717, 1.165) is 33.0 Å². The first-order valence-corrected chi connectivity index (χ1v) is 13.5. The number of carbonyl (C=O) groups excluding carboxylic acids is 1. The van der Waals surface area contributed by atoms with E-state index < -0.39 is 15.5 Å². The Morgan fingerprint density at radius 2 is 1.83 bits per heavy atom. The molecule has 3 heterocycles. The molecule has 1 fully saturated rings. The molecule has 4 aromatic rings. The molecule has 0 radical (unpaired) electrons. The normalized spacial score (nSPS) is 17.3. The van der Waals surface area contributed by atoms with Gasteiger partial charge in [-0.1, -0.05) is 30.3 Å². The average Bonchev–Trinajstić information content (AvgIpc) is 3.43. The number of rotatable bonds is 5.